The summed E-state index contributed by atoms with van der Waals surface area (Å²) in [5.41, 5.74) is 2.70. The number of ether oxygens (including phenoxy) is 1. The number of hydrogen-bond donors (Lipinski definition) is 1. The molecule has 0 saturated carbocycles. The van der Waals surface area contributed by atoms with Crippen LogP contribution in [0.15, 0.2) is 109 Å². The summed E-state index contributed by atoms with van der Waals surface area (Å²) in [4.78, 5) is 45.7. The second-order valence-corrected chi connectivity index (χ2v) is 10.4. The third-order valence-corrected chi connectivity index (χ3v) is 8.51. The minimum atomic E-state index is -1.33. The van der Waals surface area contributed by atoms with Crippen LogP contribution < -0.4 is 15.0 Å². The number of fused-ring (bicyclic) bond motifs is 6. The van der Waals surface area contributed by atoms with E-state index in [0.717, 1.165) is 16.8 Å². The molecule has 1 fully saturated rings. The number of para-hydroxylation sites is 2. The lowest BCUT2D eigenvalue weighted by atomic mass is 9.64. The van der Waals surface area contributed by atoms with Crippen LogP contribution in [0.4, 0.5) is 11.4 Å². The van der Waals surface area contributed by atoms with E-state index in [4.69, 9.17) is 4.74 Å². The van der Waals surface area contributed by atoms with E-state index in [1.165, 1.54) is 0 Å². The molecule has 0 unspecified atom stereocenters. The lowest BCUT2D eigenvalue weighted by Crippen LogP contribution is -2.51. The lowest BCUT2D eigenvalue weighted by molar-refractivity contribution is -0.121. The summed E-state index contributed by atoms with van der Waals surface area (Å²) in [6.07, 6.45) is 3.98. The van der Waals surface area contributed by atoms with Crippen molar-refractivity contribution in [1.82, 2.24) is 0 Å². The first-order valence-corrected chi connectivity index (χ1v) is 13.3. The van der Waals surface area contributed by atoms with Gasteiger partial charge in [-0.05, 0) is 35.4 Å². The predicted molar refractivity (Wildman–Crippen MR) is 154 cm³/mol. The van der Waals surface area contributed by atoms with E-state index in [-0.39, 0.29) is 17.5 Å². The molecule has 4 aromatic rings. The van der Waals surface area contributed by atoms with E-state index < -0.39 is 23.4 Å². The third-order valence-electron chi connectivity index (χ3n) is 8.51. The summed E-state index contributed by atoms with van der Waals surface area (Å²) in [7, 11) is 1.55. The number of Topliss-reactive ketones (excluding diaryl/α,β-unsaturated/α-hetero) is 2. The van der Waals surface area contributed by atoms with Crippen molar-refractivity contribution in [2.75, 3.05) is 17.3 Å². The molecule has 1 saturated heterocycles. The standard InChI is InChI=1S/C34H26N2O4/c1-40-24-14-9-13-23(20-24)32(38)30-29(31(37)22-11-3-2-4-12-22)34(25-15-6-7-16-26(25)35-33(34)39)28-19-18-21-10-5-8-17-27(21)36(28)30/h2-20,28-30H,1H3,(H,35,39)/t28-,29+,30+,34-/m1/s1. The number of amides is 1. The number of hydrogen-bond acceptors (Lipinski definition) is 5. The number of carbonyl (C=O) groups is 3. The van der Waals surface area contributed by atoms with Crippen molar-refractivity contribution in [3.63, 3.8) is 0 Å². The monoisotopic (exact) mass is 526 g/mol. The van der Waals surface area contributed by atoms with Crippen molar-refractivity contribution in [3.05, 3.63) is 131 Å². The smallest absolute Gasteiger partial charge is 0.238 e. The Morgan fingerprint density at radius 1 is 0.825 bits per heavy atom. The van der Waals surface area contributed by atoms with E-state index in [9.17, 15) is 14.4 Å². The zero-order chi connectivity index (χ0) is 27.4. The number of rotatable bonds is 5. The maximum Gasteiger partial charge on any atom is 0.238 e. The predicted octanol–water partition coefficient (Wildman–Crippen LogP) is 5.55. The van der Waals surface area contributed by atoms with Crippen molar-refractivity contribution in [2.24, 2.45) is 5.92 Å². The Bertz CT molecular complexity index is 1710. The van der Waals surface area contributed by atoms with Gasteiger partial charge in [-0.15, -0.1) is 0 Å². The van der Waals surface area contributed by atoms with E-state index in [1.54, 1.807) is 55.6 Å². The normalized spacial score (nSPS) is 23.8. The van der Waals surface area contributed by atoms with Crippen molar-refractivity contribution < 1.29 is 19.1 Å². The fourth-order valence-electron chi connectivity index (χ4n) is 6.85. The van der Waals surface area contributed by atoms with Crippen LogP contribution in [-0.2, 0) is 10.2 Å². The van der Waals surface area contributed by atoms with Crippen LogP contribution in [0.25, 0.3) is 6.08 Å². The molecular weight excluding hydrogens is 500 g/mol. The zero-order valence-corrected chi connectivity index (χ0v) is 21.8. The molecule has 3 aliphatic rings. The first kappa shape index (κ1) is 24.1. The summed E-state index contributed by atoms with van der Waals surface area (Å²) in [6.45, 7) is 0. The van der Waals surface area contributed by atoms with Crippen molar-refractivity contribution in [2.45, 2.75) is 17.5 Å². The molecule has 0 radical (unpaired) electrons. The highest BCUT2D eigenvalue weighted by atomic mass is 16.5. The van der Waals surface area contributed by atoms with E-state index >= 15 is 0 Å². The summed E-state index contributed by atoms with van der Waals surface area (Å²) in [5.74, 6) is -1.21. The first-order valence-electron chi connectivity index (χ1n) is 13.3. The molecule has 4 aromatic carbocycles. The molecule has 3 aliphatic heterocycles. The molecule has 7 rings (SSSR count). The Kier molecular flexibility index (Phi) is 5.46. The summed E-state index contributed by atoms with van der Waals surface area (Å²) in [6, 6.07) is 29.7. The van der Waals surface area contributed by atoms with Gasteiger partial charge in [0.15, 0.2) is 11.6 Å². The molecule has 0 aromatic heterocycles. The van der Waals surface area contributed by atoms with Gasteiger partial charge in [-0.25, -0.2) is 0 Å². The Hall–Kier alpha value is -4.97. The number of methoxy groups -OCH3 is 1. The minimum Gasteiger partial charge on any atom is -0.497 e. The molecule has 196 valence electrons. The second-order valence-electron chi connectivity index (χ2n) is 10.4. The van der Waals surface area contributed by atoms with E-state index in [2.05, 4.69) is 5.32 Å². The quantitative estimate of drug-likeness (QED) is 0.345. The topological polar surface area (TPSA) is 75.7 Å². The highest BCUT2D eigenvalue weighted by Gasteiger charge is 2.70. The highest BCUT2D eigenvalue weighted by Crippen LogP contribution is 2.58. The molecule has 6 heteroatoms. The van der Waals surface area contributed by atoms with Gasteiger partial charge in [0.1, 0.15) is 17.2 Å². The van der Waals surface area contributed by atoms with Crippen molar-refractivity contribution in [1.29, 1.82) is 0 Å². The Labute approximate surface area is 231 Å². The van der Waals surface area contributed by atoms with Crippen LogP contribution in [0.5, 0.6) is 5.75 Å². The number of anilines is 2. The van der Waals surface area contributed by atoms with Crippen LogP contribution in [0.1, 0.15) is 31.8 Å². The fourth-order valence-corrected chi connectivity index (χ4v) is 6.85. The molecule has 1 amide bonds. The maximum absolute atomic E-state index is 14.7. The van der Waals surface area contributed by atoms with Gasteiger partial charge < -0.3 is 15.0 Å². The van der Waals surface area contributed by atoms with E-state index in [1.807, 2.05) is 71.6 Å². The number of nitrogens with zero attached hydrogens (tertiary/aromatic N) is 1. The Morgan fingerprint density at radius 3 is 2.38 bits per heavy atom. The van der Waals surface area contributed by atoms with Crippen molar-refractivity contribution >= 4 is 34.9 Å². The highest BCUT2D eigenvalue weighted by molar-refractivity contribution is 6.18. The van der Waals surface area contributed by atoms with Crippen LogP contribution in [0.3, 0.4) is 0 Å². The van der Waals surface area contributed by atoms with Crippen LogP contribution in [0.2, 0.25) is 0 Å². The average Bonchev–Trinajstić information content (AvgIpc) is 3.49. The van der Waals surface area contributed by atoms with Gasteiger partial charge in [0, 0.05) is 22.5 Å². The number of ketones is 2. The third kappa shape index (κ3) is 3.26. The zero-order valence-electron chi connectivity index (χ0n) is 21.8. The van der Waals surface area contributed by atoms with Gasteiger partial charge in [0.25, 0.3) is 0 Å². The SMILES string of the molecule is COc1cccc(C(=O)[C@@H]2[C@@H](C(=O)c3ccccc3)[C@]3(C(=O)Nc4ccccc43)[C@H]3C=Cc4ccccc4N23)c1. The molecule has 1 N–H and O–H groups in total. The Morgan fingerprint density at radius 2 is 1.55 bits per heavy atom. The summed E-state index contributed by atoms with van der Waals surface area (Å²) >= 11 is 0. The minimum absolute atomic E-state index is 0.239. The van der Waals surface area contributed by atoms with Crippen LogP contribution in [0, 0.1) is 5.92 Å². The fraction of sp³-hybridized carbons (Fsp3) is 0.147. The molecule has 4 atom stereocenters. The Balaban J connectivity index is 1.53. The molecule has 0 aliphatic carbocycles. The number of benzene rings is 4. The summed E-state index contributed by atoms with van der Waals surface area (Å²) in [5, 5.41) is 3.06. The molecular formula is C34H26N2O4. The summed E-state index contributed by atoms with van der Waals surface area (Å²) < 4.78 is 5.42. The van der Waals surface area contributed by atoms with Gasteiger partial charge in [-0.3, -0.25) is 14.4 Å². The lowest BCUT2D eigenvalue weighted by Gasteiger charge is -2.37. The number of carbonyl (C=O) groups excluding carboxylic acids is 3. The van der Waals surface area contributed by atoms with E-state index in [0.29, 0.717) is 22.6 Å². The first-order chi connectivity index (χ1) is 19.6. The molecule has 40 heavy (non-hydrogen) atoms. The largest absolute Gasteiger partial charge is 0.497 e. The second kappa shape index (κ2) is 9.06. The number of nitrogens with one attached hydrogen (secondary N) is 1. The van der Waals surface area contributed by atoms with Gasteiger partial charge in [0.05, 0.1) is 19.1 Å². The van der Waals surface area contributed by atoms with Crippen molar-refractivity contribution in [3.8, 4) is 5.75 Å². The molecule has 1 spiro atoms. The average molecular weight is 527 g/mol. The van der Waals surface area contributed by atoms with Gasteiger partial charge in [0.2, 0.25) is 5.91 Å². The molecule has 6 nitrogen and oxygen atoms in total. The van der Waals surface area contributed by atoms with Crippen LogP contribution in [-0.4, -0.2) is 36.7 Å². The van der Waals surface area contributed by atoms with Gasteiger partial charge in [-0.2, -0.15) is 0 Å². The molecule has 0 bridgehead atoms. The van der Waals surface area contributed by atoms with Gasteiger partial charge in [-0.1, -0.05) is 91.0 Å². The van der Waals surface area contributed by atoms with Crippen LogP contribution >= 0.6 is 0 Å². The maximum atomic E-state index is 14.7. The molecule has 3 heterocycles. The van der Waals surface area contributed by atoms with Gasteiger partial charge >= 0.3 is 0 Å².